The smallest absolute Gasteiger partial charge is 0.301 e. The molecular formula is C14H14O3. The second-order valence-electron chi connectivity index (χ2n) is 3.31. The number of carbonyl (C=O) groups excluding carboxylic acids is 1. The van der Waals surface area contributed by atoms with Crippen LogP contribution in [0.2, 0.25) is 0 Å². The fourth-order valence-electron chi connectivity index (χ4n) is 1.26. The van der Waals surface area contributed by atoms with E-state index in [1.54, 1.807) is 0 Å². The second kappa shape index (κ2) is 7.19. The molecule has 0 radical (unpaired) electrons. The Balaban J connectivity index is 0.000000249. The molecule has 0 saturated heterocycles. The maximum Gasteiger partial charge on any atom is 0.339 e. The highest BCUT2D eigenvalue weighted by Gasteiger charge is 1.91. The number of benzene rings is 2. The Bertz CT molecular complexity index is 400. The van der Waals surface area contributed by atoms with Crippen LogP contribution in [0.15, 0.2) is 60.7 Å². The molecule has 2 aromatic rings. The van der Waals surface area contributed by atoms with Crippen LogP contribution in [0.3, 0.4) is 0 Å². The van der Waals surface area contributed by atoms with Gasteiger partial charge in [-0.2, -0.15) is 5.26 Å². The minimum absolute atomic E-state index is 0.690. The van der Waals surface area contributed by atoms with Crippen molar-refractivity contribution in [3.63, 3.8) is 0 Å². The number of carbonyl (C=O) groups is 1. The van der Waals surface area contributed by atoms with Gasteiger partial charge in [0.1, 0.15) is 0 Å². The zero-order chi connectivity index (χ0) is 12.5. The molecule has 0 heterocycles. The van der Waals surface area contributed by atoms with Crippen molar-refractivity contribution in [2.45, 2.75) is 6.92 Å². The highest BCUT2D eigenvalue weighted by molar-refractivity contribution is 5.65. The number of hydrogen-bond acceptors (Lipinski definition) is 3. The van der Waals surface area contributed by atoms with E-state index in [9.17, 15) is 4.79 Å². The molecular weight excluding hydrogens is 216 g/mol. The highest BCUT2D eigenvalue weighted by Crippen LogP contribution is 2.17. The number of hydrogen-bond donors (Lipinski definition) is 1. The summed E-state index contributed by atoms with van der Waals surface area (Å²) in [4.78, 5) is 12.5. The topological polar surface area (TPSA) is 46.5 Å². The Morgan fingerprint density at radius 3 is 1.41 bits per heavy atom. The first kappa shape index (κ1) is 12.9. The van der Waals surface area contributed by atoms with E-state index in [1.807, 2.05) is 12.1 Å². The van der Waals surface area contributed by atoms with E-state index in [4.69, 9.17) is 5.26 Å². The van der Waals surface area contributed by atoms with Crippen LogP contribution in [0.5, 0.6) is 0 Å². The Morgan fingerprint density at radius 2 is 1.18 bits per heavy atom. The van der Waals surface area contributed by atoms with Crippen molar-refractivity contribution in [3.8, 4) is 11.1 Å². The molecule has 2 rings (SSSR count). The predicted octanol–water partition coefficient (Wildman–Crippen LogP) is 3.38. The van der Waals surface area contributed by atoms with Crippen LogP contribution in [-0.4, -0.2) is 11.2 Å². The minimum Gasteiger partial charge on any atom is -0.301 e. The van der Waals surface area contributed by atoms with Gasteiger partial charge in [0.2, 0.25) is 0 Å². The summed E-state index contributed by atoms with van der Waals surface area (Å²) in [5, 5.41) is 7.29. The van der Waals surface area contributed by atoms with Crippen molar-refractivity contribution in [1.82, 2.24) is 0 Å². The van der Waals surface area contributed by atoms with E-state index in [1.165, 1.54) is 11.1 Å². The summed E-state index contributed by atoms with van der Waals surface area (Å²) in [6.45, 7) is 1.11. The van der Waals surface area contributed by atoms with Gasteiger partial charge in [-0.1, -0.05) is 60.7 Å². The van der Waals surface area contributed by atoms with E-state index >= 15 is 0 Å². The molecule has 0 bridgehead atoms. The highest BCUT2D eigenvalue weighted by atomic mass is 17.1. The van der Waals surface area contributed by atoms with Crippen LogP contribution in [-0.2, 0) is 9.68 Å². The van der Waals surface area contributed by atoms with Gasteiger partial charge >= 0.3 is 5.97 Å². The molecule has 88 valence electrons. The maximum atomic E-state index is 9.34. The minimum atomic E-state index is -0.690. The first-order valence-corrected chi connectivity index (χ1v) is 5.16. The van der Waals surface area contributed by atoms with Gasteiger partial charge in [0.25, 0.3) is 0 Å². The zero-order valence-corrected chi connectivity index (χ0v) is 9.54. The van der Waals surface area contributed by atoms with Crippen molar-refractivity contribution in [3.05, 3.63) is 60.7 Å². The Kier molecular flexibility index (Phi) is 5.47. The van der Waals surface area contributed by atoms with Crippen LogP contribution >= 0.6 is 0 Å². The molecule has 17 heavy (non-hydrogen) atoms. The van der Waals surface area contributed by atoms with Crippen LogP contribution < -0.4 is 0 Å². The molecule has 0 atom stereocenters. The normalized spacial score (nSPS) is 8.82. The Labute approximate surface area is 100 Å². The SMILES string of the molecule is CC(=O)OO.c1ccc(-c2ccccc2)cc1. The first-order valence-electron chi connectivity index (χ1n) is 5.16. The average molecular weight is 230 g/mol. The Morgan fingerprint density at radius 1 is 0.882 bits per heavy atom. The van der Waals surface area contributed by atoms with E-state index in [0.29, 0.717) is 0 Å². The summed E-state index contributed by atoms with van der Waals surface area (Å²) in [7, 11) is 0. The lowest BCUT2D eigenvalue weighted by Crippen LogP contribution is -1.89. The molecule has 0 aliphatic heterocycles. The molecule has 3 heteroatoms. The average Bonchev–Trinajstić information content (AvgIpc) is 2.41. The predicted molar refractivity (Wildman–Crippen MR) is 66.3 cm³/mol. The van der Waals surface area contributed by atoms with Gasteiger partial charge in [-0.25, -0.2) is 4.79 Å². The summed E-state index contributed by atoms with van der Waals surface area (Å²) < 4.78 is 0. The van der Waals surface area contributed by atoms with Gasteiger partial charge in [-0.05, 0) is 11.1 Å². The van der Waals surface area contributed by atoms with Crippen molar-refractivity contribution < 1.29 is 14.9 Å². The third-order valence-electron chi connectivity index (χ3n) is 2.01. The fraction of sp³-hybridized carbons (Fsp3) is 0.0714. The van der Waals surface area contributed by atoms with Crippen LogP contribution in [0.4, 0.5) is 0 Å². The number of rotatable bonds is 1. The molecule has 0 unspecified atom stereocenters. The molecule has 0 amide bonds. The monoisotopic (exact) mass is 230 g/mol. The summed E-state index contributed by atoms with van der Waals surface area (Å²) in [5.41, 5.74) is 2.55. The van der Waals surface area contributed by atoms with Crippen molar-refractivity contribution in [2.75, 3.05) is 0 Å². The van der Waals surface area contributed by atoms with Gasteiger partial charge in [0, 0.05) is 6.92 Å². The largest absolute Gasteiger partial charge is 0.339 e. The van der Waals surface area contributed by atoms with Crippen molar-refractivity contribution in [1.29, 1.82) is 0 Å². The van der Waals surface area contributed by atoms with Crippen LogP contribution in [0, 0.1) is 0 Å². The lowest BCUT2D eigenvalue weighted by Gasteiger charge is -1.98. The standard InChI is InChI=1S/C12H10.C2H4O3/c1-3-7-11(8-4-1)12-9-5-2-6-10-12;1-2(3)5-4/h1-10H;4H,1H3. The molecule has 0 saturated carbocycles. The van der Waals surface area contributed by atoms with Crippen LogP contribution in [0.1, 0.15) is 6.92 Å². The van der Waals surface area contributed by atoms with E-state index in [2.05, 4.69) is 53.4 Å². The summed E-state index contributed by atoms with van der Waals surface area (Å²) in [6.07, 6.45) is 0. The van der Waals surface area contributed by atoms with Gasteiger partial charge < -0.3 is 4.89 Å². The summed E-state index contributed by atoms with van der Waals surface area (Å²) in [6, 6.07) is 20.8. The lowest BCUT2D eigenvalue weighted by molar-refractivity contribution is -0.231. The third-order valence-corrected chi connectivity index (χ3v) is 2.01. The molecule has 2 aromatic carbocycles. The third kappa shape index (κ3) is 4.95. The Hall–Kier alpha value is -2.13. The van der Waals surface area contributed by atoms with Gasteiger partial charge in [0.05, 0.1) is 0 Å². The lowest BCUT2D eigenvalue weighted by atomic mass is 10.1. The van der Waals surface area contributed by atoms with Crippen molar-refractivity contribution in [2.24, 2.45) is 0 Å². The van der Waals surface area contributed by atoms with E-state index < -0.39 is 5.97 Å². The molecule has 1 N–H and O–H groups in total. The molecule has 0 aromatic heterocycles. The molecule has 3 nitrogen and oxygen atoms in total. The maximum absolute atomic E-state index is 9.34. The summed E-state index contributed by atoms with van der Waals surface area (Å²) in [5.74, 6) is -0.690. The zero-order valence-electron chi connectivity index (χ0n) is 9.54. The molecule has 0 aliphatic carbocycles. The molecule has 0 fully saturated rings. The molecule has 0 aliphatic rings. The second-order valence-corrected chi connectivity index (χ2v) is 3.31. The van der Waals surface area contributed by atoms with Gasteiger partial charge in [-0.15, -0.1) is 0 Å². The van der Waals surface area contributed by atoms with Gasteiger partial charge in [0.15, 0.2) is 0 Å². The van der Waals surface area contributed by atoms with Gasteiger partial charge in [-0.3, -0.25) is 0 Å². The quantitative estimate of drug-likeness (QED) is 0.603. The van der Waals surface area contributed by atoms with Crippen LogP contribution in [0.25, 0.3) is 11.1 Å². The van der Waals surface area contributed by atoms with E-state index in [0.717, 1.165) is 6.92 Å². The van der Waals surface area contributed by atoms with E-state index in [-0.39, 0.29) is 0 Å². The molecule has 0 spiro atoms. The fourth-order valence-corrected chi connectivity index (χ4v) is 1.26. The first-order chi connectivity index (χ1) is 8.24. The summed E-state index contributed by atoms with van der Waals surface area (Å²) >= 11 is 0. The van der Waals surface area contributed by atoms with Crippen molar-refractivity contribution >= 4 is 5.97 Å².